The van der Waals surface area contributed by atoms with Crippen LogP contribution in [0, 0.1) is 22.7 Å². The van der Waals surface area contributed by atoms with Gasteiger partial charge in [0, 0.05) is 5.56 Å². The summed E-state index contributed by atoms with van der Waals surface area (Å²) in [6, 6.07) is 16.3. The summed E-state index contributed by atoms with van der Waals surface area (Å²) in [5, 5.41) is 19.3. The standard InChI is InChI=1S/C25H30N2O/c1-3-5-7-9-17-28-22-14-11-21(12-15-22)23-16-13-20(10-8-6-4-2)24(18-26)25(23)19-27/h11-16H,3-10,17H2,1-2H3. The van der Waals surface area contributed by atoms with Gasteiger partial charge in [0.25, 0.3) is 0 Å². The van der Waals surface area contributed by atoms with E-state index in [0.29, 0.717) is 11.1 Å². The van der Waals surface area contributed by atoms with Crippen LogP contribution in [-0.4, -0.2) is 6.61 Å². The molecular formula is C25H30N2O. The maximum atomic E-state index is 9.70. The molecule has 3 heteroatoms. The first kappa shape index (κ1) is 21.5. The van der Waals surface area contributed by atoms with Gasteiger partial charge in [0.1, 0.15) is 17.9 Å². The maximum Gasteiger partial charge on any atom is 0.119 e. The third kappa shape index (κ3) is 5.86. The van der Waals surface area contributed by atoms with E-state index in [-0.39, 0.29) is 0 Å². The zero-order valence-electron chi connectivity index (χ0n) is 17.1. The van der Waals surface area contributed by atoms with Gasteiger partial charge < -0.3 is 4.74 Å². The molecule has 0 N–H and O–H groups in total. The second-order valence-corrected chi connectivity index (χ2v) is 7.14. The highest BCUT2D eigenvalue weighted by Crippen LogP contribution is 2.30. The number of hydrogen-bond donors (Lipinski definition) is 0. The molecule has 28 heavy (non-hydrogen) atoms. The minimum atomic E-state index is 0.477. The lowest BCUT2D eigenvalue weighted by atomic mass is 9.91. The predicted molar refractivity (Wildman–Crippen MR) is 114 cm³/mol. The van der Waals surface area contributed by atoms with Crippen LogP contribution in [0.1, 0.15) is 75.5 Å². The van der Waals surface area contributed by atoms with Crippen LogP contribution in [0.4, 0.5) is 0 Å². The van der Waals surface area contributed by atoms with Crippen LogP contribution in [0.5, 0.6) is 5.75 Å². The fraction of sp³-hybridized carbons (Fsp3) is 0.440. The van der Waals surface area contributed by atoms with Crippen molar-refractivity contribution in [3.8, 4) is 29.0 Å². The number of ether oxygens (including phenoxy) is 1. The number of benzene rings is 2. The zero-order chi connectivity index (χ0) is 20.2. The van der Waals surface area contributed by atoms with Crippen molar-refractivity contribution in [1.82, 2.24) is 0 Å². The summed E-state index contributed by atoms with van der Waals surface area (Å²) in [7, 11) is 0. The minimum Gasteiger partial charge on any atom is -0.494 e. The highest BCUT2D eigenvalue weighted by Gasteiger charge is 2.14. The van der Waals surface area contributed by atoms with E-state index >= 15 is 0 Å². The topological polar surface area (TPSA) is 56.8 Å². The quantitative estimate of drug-likeness (QED) is 0.407. The lowest BCUT2D eigenvalue weighted by Crippen LogP contribution is -1.98. The molecule has 0 saturated heterocycles. The molecule has 2 rings (SSSR count). The Labute approximate surface area is 169 Å². The highest BCUT2D eigenvalue weighted by atomic mass is 16.5. The van der Waals surface area contributed by atoms with Gasteiger partial charge in [-0.25, -0.2) is 0 Å². The summed E-state index contributed by atoms with van der Waals surface area (Å²) < 4.78 is 5.80. The summed E-state index contributed by atoms with van der Waals surface area (Å²) in [5.74, 6) is 0.843. The highest BCUT2D eigenvalue weighted by molar-refractivity contribution is 5.75. The number of unbranched alkanes of at least 4 members (excludes halogenated alkanes) is 5. The van der Waals surface area contributed by atoms with Crippen LogP contribution in [-0.2, 0) is 6.42 Å². The normalized spacial score (nSPS) is 10.3. The fourth-order valence-corrected chi connectivity index (χ4v) is 3.35. The summed E-state index contributed by atoms with van der Waals surface area (Å²) in [5.41, 5.74) is 3.72. The van der Waals surface area contributed by atoms with E-state index in [0.717, 1.165) is 61.2 Å². The lowest BCUT2D eigenvalue weighted by Gasteiger charge is -2.12. The van der Waals surface area contributed by atoms with Gasteiger partial charge in [-0.05, 0) is 42.5 Å². The van der Waals surface area contributed by atoms with Crippen LogP contribution in [0.15, 0.2) is 36.4 Å². The molecule has 0 saturated carbocycles. The molecule has 0 unspecified atom stereocenters. The number of aryl methyl sites for hydroxylation is 1. The second kappa shape index (κ2) is 11.8. The van der Waals surface area contributed by atoms with Gasteiger partial charge in [0.15, 0.2) is 0 Å². The van der Waals surface area contributed by atoms with E-state index in [4.69, 9.17) is 4.74 Å². The first-order chi connectivity index (χ1) is 13.7. The average molecular weight is 375 g/mol. The lowest BCUT2D eigenvalue weighted by molar-refractivity contribution is 0.305. The Bertz CT molecular complexity index is 825. The summed E-state index contributed by atoms with van der Waals surface area (Å²) in [6.07, 6.45) is 8.89. The molecule has 0 spiro atoms. The van der Waals surface area contributed by atoms with E-state index in [2.05, 4.69) is 26.0 Å². The Balaban J connectivity index is 2.16. The van der Waals surface area contributed by atoms with E-state index < -0.39 is 0 Å². The molecule has 0 aliphatic heterocycles. The molecule has 0 radical (unpaired) electrons. The molecule has 0 amide bonds. The van der Waals surface area contributed by atoms with Crippen LogP contribution in [0.2, 0.25) is 0 Å². The van der Waals surface area contributed by atoms with Crippen molar-refractivity contribution in [2.45, 2.75) is 65.2 Å². The zero-order valence-corrected chi connectivity index (χ0v) is 17.1. The van der Waals surface area contributed by atoms with Crippen LogP contribution < -0.4 is 4.74 Å². The Morgan fingerprint density at radius 3 is 2.07 bits per heavy atom. The molecule has 0 aliphatic carbocycles. The Morgan fingerprint density at radius 1 is 0.750 bits per heavy atom. The van der Waals surface area contributed by atoms with Gasteiger partial charge in [-0.15, -0.1) is 0 Å². The van der Waals surface area contributed by atoms with Crippen molar-refractivity contribution < 1.29 is 4.74 Å². The first-order valence-electron chi connectivity index (χ1n) is 10.4. The van der Waals surface area contributed by atoms with Crippen LogP contribution >= 0.6 is 0 Å². The van der Waals surface area contributed by atoms with Crippen LogP contribution in [0.25, 0.3) is 11.1 Å². The van der Waals surface area contributed by atoms with Gasteiger partial charge in [-0.1, -0.05) is 70.2 Å². The third-order valence-electron chi connectivity index (χ3n) is 5.00. The van der Waals surface area contributed by atoms with Crippen molar-refractivity contribution in [1.29, 1.82) is 10.5 Å². The largest absolute Gasteiger partial charge is 0.494 e. The van der Waals surface area contributed by atoms with Crippen molar-refractivity contribution in [3.05, 3.63) is 53.1 Å². The molecule has 0 heterocycles. The van der Waals surface area contributed by atoms with Crippen LogP contribution in [0.3, 0.4) is 0 Å². The average Bonchev–Trinajstić information content (AvgIpc) is 2.73. The molecule has 2 aromatic rings. The summed E-state index contributed by atoms with van der Waals surface area (Å²) in [6.45, 7) is 5.09. The second-order valence-electron chi connectivity index (χ2n) is 7.14. The first-order valence-corrected chi connectivity index (χ1v) is 10.4. The molecule has 3 nitrogen and oxygen atoms in total. The third-order valence-corrected chi connectivity index (χ3v) is 5.00. The molecular weight excluding hydrogens is 344 g/mol. The number of nitrogens with zero attached hydrogens (tertiary/aromatic N) is 2. The van der Waals surface area contributed by atoms with Gasteiger partial charge in [-0.3, -0.25) is 0 Å². The van der Waals surface area contributed by atoms with E-state index in [1.54, 1.807) is 0 Å². The molecule has 0 aliphatic rings. The van der Waals surface area contributed by atoms with Gasteiger partial charge >= 0.3 is 0 Å². The maximum absolute atomic E-state index is 9.70. The number of nitriles is 2. The van der Waals surface area contributed by atoms with Gasteiger partial charge in [-0.2, -0.15) is 10.5 Å². The summed E-state index contributed by atoms with van der Waals surface area (Å²) >= 11 is 0. The monoisotopic (exact) mass is 374 g/mol. The molecule has 0 aromatic heterocycles. The van der Waals surface area contributed by atoms with E-state index in [1.807, 2.05) is 36.4 Å². The van der Waals surface area contributed by atoms with Crippen molar-refractivity contribution in [2.24, 2.45) is 0 Å². The Morgan fingerprint density at radius 2 is 1.43 bits per heavy atom. The number of rotatable bonds is 11. The fourth-order valence-electron chi connectivity index (χ4n) is 3.35. The number of hydrogen-bond acceptors (Lipinski definition) is 3. The van der Waals surface area contributed by atoms with Crippen molar-refractivity contribution >= 4 is 0 Å². The Kier molecular flexibility index (Phi) is 9.09. The molecule has 0 fully saturated rings. The van der Waals surface area contributed by atoms with Crippen molar-refractivity contribution in [2.75, 3.05) is 6.61 Å². The Hall–Kier alpha value is -2.78. The van der Waals surface area contributed by atoms with Gasteiger partial charge in [0.2, 0.25) is 0 Å². The molecule has 0 atom stereocenters. The molecule has 0 bridgehead atoms. The predicted octanol–water partition coefficient (Wildman–Crippen LogP) is 6.79. The summed E-state index contributed by atoms with van der Waals surface area (Å²) in [4.78, 5) is 0. The van der Waals surface area contributed by atoms with E-state index in [9.17, 15) is 10.5 Å². The van der Waals surface area contributed by atoms with E-state index in [1.165, 1.54) is 19.3 Å². The molecule has 2 aromatic carbocycles. The minimum absolute atomic E-state index is 0.477. The SMILES string of the molecule is CCCCCCOc1ccc(-c2ccc(CCCCC)c(C#N)c2C#N)cc1. The van der Waals surface area contributed by atoms with Gasteiger partial charge in [0.05, 0.1) is 17.7 Å². The smallest absolute Gasteiger partial charge is 0.119 e. The van der Waals surface area contributed by atoms with Crippen molar-refractivity contribution in [3.63, 3.8) is 0 Å². The molecule has 146 valence electrons.